The van der Waals surface area contributed by atoms with Crippen LogP contribution in [0.15, 0.2) is 77.7 Å². The van der Waals surface area contributed by atoms with Crippen LogP contribution in [-0.4, -0.2) is 14.9 Å². The molecule has 0 aliphatic heterocycles. The fraction of sp³-hybridized carbons (Fsp3) is 0.0500. The van der Waals surface area contributed by atoms with Gasteiger partial charge in [0.1, 0.15) is 5.82 Å². The number of nitrogens with one attached hydrogen (secondary N) is 1. The monoisotopic (exact) mass is 361 g/mol. The molecule has 0 fully saturated rings. The Hall–Kier alpha value is -3.12. The second kappa shape index (κ2) is 7.01. The summed E-state index contributed by atoms with van der Waals surface area (Å²) >= 11 is 1.64. The van der Waals surface area contributed by atoms with E-state index in [2.05, 4.69) is 22.1 Å². The summed E-state index contributed by atoms with van der Waals surface area (Å²) in [7, 11) is 0. The number of rotatable bonds is 5. The molecule has 0 radical (unpaired) electrons. The van der Waals surface area contributed by atoms with Gasteiger partial charge in [-0.25, -0.2) is 4.98 Å². The van der Waals surface area contributed by atoms with E-state index in [0.717, 1.165) is 27.2 Å². The zero-order valence-corrected chi connectivity index (χ0v) is 14.6. The van der Waals surface area contributed by atoms with Crippen molar-refractivity contribution in [2.75, 3.05) is 0 Å². The molecule has 5 nitrogen and oxygen atoms in total. The number of hydrogen-bond acceptors (Lipinski definition) is 4. The van der Waals surface area contributed by atoms with Crippen LogP contribution in [0.25, 0.3) is 22.4 Å². The molecule has 0 aliphatic rings. The van der Waals surface area contributed by atoms with Gasteiger partial charge in [0, 0.05) is 28.3 Å². The van der Waals surface area contributed by atoms with Gasteiger partial charge in [-0.2, -0.15) is 0 Å². The van der Waals surface area contributed by atoms with Crippen molar-refractivity contribution < 1.29 is 4.92 Å². The molecule has 3 aromatic carbocycles. The van der Waals surface area contributed by atoms with E-state index in [1.807, 2.05) is 42.5 Å². The molecule has 0 atom stereocenters. The summed E-state index contributed by atoms with van der Waals surface area (Å²) in [6.07, 6.45) is 0. The van der Waals surface area contributed by atoms with E-state index in [9.17, 15) is 10.1 Å². The number of nitro benzene ring substituents is 1. The summed E-state index contributed by atoms with van der Waals surface area (Å²) in [6, 6.07) is 22.8. The number of benzene rings is 3. The smallest absolute Gasteiger partial charge is 0.270 e. The minimum atomic E-state index is -0.377. The van der Waals surface area contributed by atoms with Gasteiger partial charge >= 0.3 is 0 Å². The third kappa shape index (κ3) is 3.32. The fourth-order valence-electron chi connectivity index (χ4n) is 2.76. The van der Waals surface area contributed by atoms with Crippen molar-refractivity contribution in [3.63, 3.8) is 0 Å². The molecule has 26 heavy (non-hydrogen) atoms. The van der Waals surface area contributed by atoms with Gasteiger partial charge in [0.25, 0.3) is 5.69 Å². The predicted molar refractivity (Wildman–Crippen MR) is 104 cm³/mol. The number of thioether (sulfide) groups is 1. The lowest BCUT2D eigenvalue weighted by Gasteiger charge is -2.07. The molecular weight excluding hydrogens is 346 g/mol. The number of imidazole rings is 1. The number of non-ortho nitro benzene ring substituents is 1. The maximum atomic E-state index is 11.2. The molecule has 0 saturated heterocycles. The first-order chi connectivity index (χ1) is 12.7. The maximum Gasteiger partial charge on any atom is 0.270 e. The Balaban J connectivity index is 1.74. The Morgan fingerprint density at radius 3 is 2.54 bits per heavy atom. The molecule has 1 heterocycles. The normalized spacial score (nSPS) is 10.9. The van der Waals surface area contributed by atoms with Gasteiger partial charge in [-0.05, 0) is 23.8 Å². The first-order valence-electron chi connectivity index (χ1n) is 8.11. The third-order valence-electron chi connectivity index (χ3n) is 4.06. The van der Waals surface area contributed by atoms with Crippen molar-refractivity contribution in [1.82, 2.24) is 9.97 Å². The second-order valence-electron chi connectivity index (χ2n) is 5.81. The molecule has 0 amide bonds. The molecule has 1 aromatic heterocycles. The van der Waals surface area contributed by atoms with Gasteiger partial charge in [0.05, 0.1) is 16.0 Å². The van der Waals surface area contributed by atoms with E-state index >= 15 is 0 Å². The van der Waals surface area contributed by atoms with E-state index in [1.165, 1.54) is 5.56 Å². The number of fused-ring (bicyclic) bond motifs is 1. The summed E-state index contributed by atoms with van der Waals surface area (Å²) in [5.41, 5.74) is 3.76. The topological polar surface area (TPSA) is 71.8 Å². The van der Waals surface area contributed by atoms with Crippen LogP contribution in [0.5, 0.6) is 0 Å². The number of H-pyrrole nitrogens is 1. The lowest BCUT2D eigenvalue weighted by atomic mass is 10.2. The average Bonchev–Trinajstić information content (AvgIpc) is 3.11. The molecular formula is C20H15N3O2S. The highest BCUT2D eigenvalue weighted by Gasteiger charge is 2.16. The number of aromatic nitrogens is 2. The highest BCUT2D eigenvalue weighted by atomic mass is 32.2. The third-order valence-corrected chi connectivity index (χ3v) is 5.20. The van der Waals surface area contributed by atoms with Crippen molar-refractivity contribution in [3.8, 4) is 11.4 Å². The molecule has 0 bridgehead atoms. The van der Waals surface area contributed by atoms with Crippen LogP contribution in [0.3, 0.4) is 0 Å². The number of nitrogens with zero attached hydrogens (tertiary/aromatic N) is 2. The maximum absolute atomic E-state index is 11.2. The molecule has 4 aromatic rings. The summed E-state index contributed by atoms with van der Waals surface area (Å²) in [4.78, 5) is 19.7. The molecule has 4 rings (SSSR count). The van der Waals surface area contributed by atoms with Crippen LogP contribution in [0, 0.1) is 10.1 Å². The average molecular weight is 361 g/mol. The minimum Gasteiger partial charge on any atom is -0.338 e. The van der Waals surface area contributed by atoms with Gasteiger partial charge in [0.15, 0.2) is 0 Å². The molecule has 0 spiro atoms. The SMILES string of the molecule is O=[N+]([O-])c1ccc(SCc2ccccc2)c(-c2nc3ccccc3[nH]2)c1. The van der Waals surface area contributed by atoms with Gasteiger partial charge in [-0.3, -0.25) is 10.1 Å². The fourth-order valence-corrected chi connectivity index (χ4v) is 3.75. The minimum absolute atomic E-state index is 0.0597. The summed E-state index contributed by atoms with van der Waals surface area (Å²) in [6.45, 7) is 0. The first kappa shape index (κ1) is 16.4. The highest BCUT2D eigenvalue weighted by molar-refractivity contribution is 7.98. The van der Waals surface area contributed by atoms with Crippen LogP contribution in [0.1, 0.15) is 5.56 Å². The van der Waals surface area contributed by atoms with E-state index < -0.39 is 0 Å². The van der Waals surface area contributed by atoms with E-state index in [0.29, 0.717) is 5.82 Å². The van der Waals surface area contributed by atoms with Crippen LogP contribution in [0.2, 0.25) is 0 Å². The van der Waals surface area contributed by atoms with E-state index in [1.54, 1.807) is 30.0 Å². The Bertz CT molecular complexity index is 1040. The molecule has 128 valence electrons. The molecule has 0 saturated carbocycles. The highest BCUT2D eigenvalue weighted by Crippen LogP contribution is 2.35. The van der Waals surface area contributed by atoms with Crippen molar-refractivity contribution in [1.29, 1.82) is 0 Å². The second-order valence-corrected chi connectivity index (χ2v) is 6.83. The lowest BCUT2D eigenvalue weighted by molar-refractivity contribution is -0.384. The predicted octanol–water partition coefficient (Wildman–Crippen LogP) is 5.43. The standard InChI is InChI=1S/C20H15N3O2S/c24-23(25)15-10-11-19(26-13-14-6-2-1-3-7-14)16(12-15)20-21-17-8-4-5-9-18(17)22-20/h1-12H,13H2,(H,21,22). The van der Waals surface area contributed by atoms with Crippen molar-refractivity contribution in [2.45, 2.75) is 10.6 Å². The van der Waals surface area contributed by atoms with E-state index in [-0.39, 0.29) is 10.6 Å². The van der Waals surface area contributed by atoms with Crippen LogP contribution in [-0.2, 0) is 5.75 Å². The zero-order valence-electron chi connectivity index (χ0n) is 13.8. The van der Waals surface area contributed by atoms with Crippen LogP contribution in [0.4, 0.5) is 5.69 Å². The molecule has 0 unspecified atom stereocenters. The Morgan fingerprint density at radius 1 is 1.00 bits per heavy atom. The van der Waals surface area contributed by atoms with Crippen LogP contribution >= 0.6 is 11.8 Å². The van der Waals surface area contributed by atoms with Crippen molar-refractivity contribution >= 4 is 28.5 Å². The Labute approximate surface area is 154 Å². The zero-order chi connectivity index (χ0) is 17.9. The quantitative estimate of drug-likeness (QED) is 0.292. The number of para-hydroxylation sites is 2. The molecule has 1 N–H and O–H groups in total. The number of nitro groups is 1. The van der Waals surface area contributed by atoms with Crippen LogP contribution < -0.4 is 0 Å². The number of hydrogen-bond donors (Lipinski definition) is 1. The molecule has 0 aliphatic carbocycles. The van der Waals surface area contributed by atoms with Gasteiger partial charge in [0.2, 0.25) is 0 Å². The Morgan fingerprint density at radius 2 is 1.77 bits per heavy atom. The van der Waals surface area contributed by atoms with Crippen molar-refractivity contribution in [2.24, 2.45) is 0 Å². The Kier molecular flexibility index (Phi) is 4.41. The first-order valence-corrected chi connectivity index (χ1v) is 9.09. The van der Waals surface area contributed by atoms with Gasteiger partial charge < -0.3 is 4.98 Å². The lowest BCUT2D eigenvalue weighted by Crippen LogP contribution is -1.92. The van der Waals surface area contributed by atoms with E-state index in [4.69, 9.17) is 0 Å². The largest absolute Gasteiger partial charge is 0.338 e. The summed E-state index contributed by atoms with van der Waals surface area (Å²) < 4.78 is 0. The summed E-state index contributed by atoms with van der Waals surface area (Å²) in [5.74, 6) is 1.43. The summed E-state index contributed by atoms with van der Waals surface area (Å²) in [5, 5.41) is 11.2. The van der Waals surface area contributed by atoms with Gasteiger partial charge in [-0.1, -0.05) is 42.5 Å². The molecule has 6 heteroatoms. The van der Waals surface area contributed by atoms with Crippen molar-refractivity contribution in [3.05, 3.63) is 88.5 Å². The van der Waals surface area contributed by atoms with Gasteiger partial charge in [-0.15, -0.1) is 11.8 Å². The number of aromatic amines is 1.